The van der Waals surface area contributed by atoms with Gasteiger partial charge in [-0.3, -0.25) is 0 Å². The lowest BCUT2D eigenvalue weighted by atomic mass is 10.2. The Bertz CT molecular complexity index is 606. The van der Waals surface area contributed by atoms with Crippen LogP contribution in [-0.4, -0.2) is 6.54 Å². The van der Waals surface area contributed by atoms with Crippen LogP contribution in [0.15, 0.2) is 40.9 Å². The Hall–Kier alpha value is -1.10. The van der Waals surface area contributed by atoms with Gasteiger partial charge in [-0.05, 0) is 36.9 Å². The topological polar surface area (TPSA) is 21.3 Å². The minimum absolute atomic E-state index is 0.295. The second kappa shape index (κ2) is 7.07. The summed E-state index contributed by atoms with van der Waals surface area (Å²) < 4.78 is 20.5. The van der Waals surface area contributed by atoms with Gasteiger partial charge in [0, 0.05) is 16.6 Å². The lowest BCUT2D eigenvalue weighted by Gasteiger charge is -2.13. The molecule has 0 atom stereocenters. The van der Waals surface area contributed by atoms with Crippen molar-refractivity contribution in [2.75, 3.05) is 6.54 Å². The summed E-state index contributed by atoms with van der Waals surface area (Å²) in [6.45, 7) is 3.13. The van der Waals surface area contributed by atoms with Crippen molar-refractivity contribution >= 4 is 27.5 Å². The maximum atomic E-state index is 13.9. The minimum Gasteiger partial charge on any atom is -0.455 e. The van der Waals surface area contributed by atoms with Crippen molar-refractivity contribution in [3.63, 3.8) is 0 Å². The summed E-state index contributed by atoms with van der Waals surface area (Å²) in [5.74, 6) is 0.671. The fourth-order valence-electron chi connectivity index (χ4n) is 1.73. The van der Waals surface area contributed by atoms with Gasteiger partial charge in [0.1, 0.15) is 17.3 Å². The highest BCUT2D eigenvalue weighted by atomic mass is 79.9. The molecule has 0 unspecified atom stereocenters. The summed E-state index contributed by atoms with van der Waals surface area (Å²) in [7, 11) is 0. The van der Waals surface area contributed by atoms with Crippen LogP contribution in [0.5, 0.6) is 11.5 Å². The van der Waals surface area contributed by atoms with Crippen molar-refractivity contribution in [3.8, 4) is 11.5 Å². The SMILES string of the molecule is CCNCc1c(F)cccc1Oc1ccc(Br)cc1Cl. The molecule has 20 heavy (non-hydrogen) atoms. The zero-order chi connectivity index (χ0) is 14.5. The molecule has 0 amide bonds. The Labute approximate surface area is 131 Å². The van der Waals surface area contributed by atoms with Gasteiger partial charge in [-0.15, -0.1) is 0 Å². The Balaban J connectivity index is 2.30. The van der Waals surface area contributed by atoms with E-state index in [0.717, 1.165) is 11.0 Å². The number of nitrogens with one attached hydrogen (secondary N) is 1. The van der Waals surface area contributed by atoms with Crippen molar-refractivity contribution in [1.29, 1.82) is 0 Å². The summed E-state index contributed by atoms with van der Waals surface area (Å²) >= 11 is 9.44. The van der Waals surface area contributed by atoms with Gasteiger partial charge >= 0.3 is 0 Å². The van der Waals surface area contributed by atoms with E-state index in [9.17, 15) is 4.39 Å². The third-order valence-corrected chi connectivity index (χ3v) is 3.53. The van der Waals surface area contributed by atoms with E-state index in [-0.39, 0.29) is 5.82 Å². The van der Waals surface area contributed by atoms with E-state index < -0.39 is 0 Å². The lowest BCUT2D eigenvalue weighted by molar-refractivity contribution is 0.463. The molecule has 5 heteroatoms. The van der Waals surface area contributed by atoms with Crippen LogP contribution in [0.25, 0.3) is 0 Å². The van der Waals surface area contributed by atoms with E-state index in [1.54, 1.807) is 24.3 Å². The highest BCUT2D eigenvalue weighted by Crippen LogP contribution is 2.33. The molecule has 1 N–H and O–H groups in total. The van der Waals surface area contributed by atoms with Gasteiger partial charge in [-0.25, -0.2) is 4.39 Å². The Morgan fingerprint density at radius 3 is 2.75 bits per heavy atom. The molecule has 0 spiro atoms. The first kappa shape index (κ1) is 15.3. The number of hydrogen-bond donors (Lipinski definition) is 1. The predicted octanol–water partition coefficient (Wildman–Crippen LogP) is 5.14. The van der Waals surface area contributed by atoms with Gasteiger partial charge < -0.3 is 10.1 Å². The van der Waals surface area contributed by atoms with Gasteiger partial charge in [-0.1, -0.05) is 40.5 Å². The molecule has 0 bridgehead atoms. The molecule has 2 aromatic rings. The van der Waals surface area contributed by atoms with Crippen molar-refractivity contribution in [2.24, 2.45) is 0 Å². The maximum Gasteiger partial charge on any atom is 0.146 e. The van der Waals surface area contributed by atoms with Gasteiger partial charge in [0.05, 0.1) is 5.02 Å². The van der Waals surface area contributed by atoms with Crippen molar-refractivity contribution < 1.29 is 9.13 Å². The summed E-state index contributed by atoms with van der Waals surface area (Å²) in [4.78, 5) is 0. The van der Waals surface area contributed by atoms with E-state index >= 15 is 0 Å². The molecule has 0 aliphatic rings. The first-order valence-electron chi connectivity index (χ1n) is 6.23. The van der Waals surface area contributed by atoms with Crippen LogP contribution >= 0.6 is 27.5 Å². The number of halogens is 3. The quantitative estimate of drug-likeness (QED) is 0.798. The smallest absolute Gasteiger partial charge is 0.146 e. The van der Waals surface area contributed by atoms with Crippen molar-refractivity contribution in [2.45, 2.75) is 13.5 Å². The number of benzene rings is 2. The molecule has 0 aliphatic carbocycles. The molecule has 2 nitrogen and oxygen atoms in total. The van der Waals surface area contributed by atoms with Crippen LogP contribution in [-0.2, 0) is 6.54 Å². The monoisotopic (exact) mass is 357 g/mol. The van der Waals surface area contributed by atoms with Crippen LogP contribution in [0.2, 0.25) is 5.02 Å². The van der Waals surface area contributed by atoms with E-state index in [1.807, 2.05) is 13.0 Å². The van der Waals surface area contributed by atoms with Crippen LogP contribution in [0.4, 0.5) is 4.39 Å². The first-order chi connectivity index (χ1) is 9.61. The predicted molar refractivity (Wildman–Crippen MR) is 83.0 cm³/mol. The molecule has 0 saturated carbocycles. The fourth-order valence-corrected chi connectivity index (χ4v) is 2.44. The maximum absolute atomic E-state index is 13.9. The molecule has 0 saturated heterocycles. The average Bonchev–Trinajstić information content (AvgIpc) is 2.41. The van der Waals surface area contributed by atoms with Crippen molar-refractivity contribution in [1.82, 2.24) is 5.32 Å². The highest BCUT2D eigenvalue weighted by Gasteiger charge is 2.11. The molecule has 0 fully saturated rings. The Kier molecular flexibility index (Phi) is 5.40. The van der Waals surface area contributed by atoms with Crippen molar-refractivity contribution in [3.05, 3.63) is 57.3 Å². The molecular formula is C15H14BrClFNO. The second-order valence-corrected chi connectivity index (χ2v) is 5.50. The van der Waals surface area contributed by atoms with E-state index in [4.69, 9.17) is 16.3 Å². The summed E-state index contributed by atoms with van der Waals surface area (Å²) in [6.07, 6.45) is 0. The lowest BCUT2D eigenvalue weighted by Crippen LogP contribution is -2.13. The third kappa shape index (κ3) is 3.72. The molecule has 106 valence electrons. The molecule has 2 aromatic carbocycles. The van der Waals surface area contributed by atoms with Gasteiger partial charge in [-0.2, -0.15) is 0 Å². The molecule has 2 rings (SSSR count). The van der Waals surface area contributed by atoms with E-state index in [0.29, 0.717) is 28.6 Å². The number of ether oxygens (including phenoxy) is 1. The average molecular weight is 359 g/mol. The van der Waals surface area contributed by atoms with Gasteiger partial charge in [0.15, 0.2) is 0 Å². The summed E-state index contributed by atoms with van der Waals surface area (Å²) in [6, 6.07) is 10.1. The highest BCUT2D eigenvalue weighted by molar-refractivity contribution is 9.10. The molecular weight excluding hydrogens is 345 g/mol. The molecule has 0 heterocycles. The molecule has 0 aromatic heterocycles. The Morgan fingerprint density at radius 1 is 1.25 bits per heavy atom. The standard InChI is InChI=1S/C15H14BrClFNO/c1-2-19-9-11-13(18)4-3-5-14(11)20-15-7-6-10(16)8-12(15)17/h3-8,19H,2,9H2,1H3. The minimum atomic E-state index is -0.295. The normalized spacial score (nSPS) is 10.6. The van der Waals surface area contributed by atoms with Crippen LogP contribution < -0.4 is 10.1 Å². The van der Waals surface area contributed by atoms with E-state index in [1.165, 1.54) is 6.07 Å². The molecule has 0 aliphatic heterocycles. The first-order valence-corrected chi connectivity index (χ1v) is 7.40. The van der Waals surface area contributed by atoms with Gasteiger partial charge in [0.2, 0.25) is 0 Å². The molecule has 0 radical (unpaired) electrons. The number of rotatable bonds is 5. The van der Waals surface area contributed by atoms with Crippen LogP contribution in [0.1, 0.15) is 12.5 Å². The zero-order valence-corrected chi connectivity index (χ0v) is 13.3. The summed E-state index contributed by atoms with van der Waals surface area (Å²) in [5.41, 5.74) is 0.494. The zero-order valence-electron chi connectivity index (χ0n) is 10.9. The third-order valence-electron chi connectivity index (χ3n) is 2.74. The van der Waals surface area contributed by atoms with E-state index in [2.05, 4.69) is 21.2 Å². The number of hydrogen-bond acceptors (Lipinski definition) is 2. The Morgan fingerprint density at radius 2 is 2.05 bits per heavy atom. The second-order valence-electron chi connectivity index (χ2n) is 4.17. The van der Waals surface area contributed by atoms with Gasteiger partial charge in [0.25, 0.3) is 0 Å². The van der Waals surface area contributed by atoms with Crippen LogP contribution in [0, 0.1) is 5.82 Å². The fraction of sp³-hybridized carbons (Fsp3) is 0.200. The largest absolute Gasteiger partial charge is 0.455 e. The summed E-state index contributed by atoms with van der Waals surface area (Å²) in [5, 5.41) is 3.57. The van der Waals surface area contributed by atoms with Crippen LogP contribution in [0.3, 0.4) is 0 Å².